The van der Waals surface area contributed by atoms with Gasteiger partial charge in [-0.2, -0.15) is 0 Å². The fourth-order valence-electron chi connectivity index (χ4n) is 1.48. The summed E-state index contributed by atoms with van der Waals surface area (Å²) >= 11 is 0. The van der Waals surface area contributed by atoms with Crippen molar-refractivity contribution >= 4 is 5.97 Å². The maximum absolute atomic E-state index is 13.1. The molecule has 2 rings (SSSR count). The largest absolute Gasteiger partial charge is 0.478 e. The number of hydrogen-bond acceptors (Lipinski definition) is 2. The first-order chi connectivity index (χ1) is 8.56. The fraction of sp³-hybridized carbons (Fsp3) is 0.0714. The molecule has 0 unspecified atom stereocenters. The van der Waals surface area contributed by atoms with Crippen LogP contribution in [-0.4, -0.2) is 11.1 Å². The topological polar surface area (TPSA) is 46.5 Å². The van der Waals surface area contributed by atoms with Crippen molar-refractivity contribution < 1.29 is 19.0 Å². The van der Waals surface area contributed by atoms with Gasteiger partial charge in [0.05, 0.1) is 5.56 Å². The predicted molar refractivity (Wildman–Crippen MR) is 64.6 cm³/mol. The zero-order valence-corrected chi connectivity index (χ0v) is 9.68. The highest BCUT2D eigenvalue weighted by atomic mass is 19.1. The Labute approximate surface area is 103 Å². The van der Waals surface area contributed by atoms with Crippen molar-refractivity contribution in [3.63, 3.8) is 0 Å². The Morgan fingerprint density at radius 2 is 1.83 bits per heavy atom. The van der Waals surface area contributed by atoms with E-state index in [4.69, 9.17) is 9.84 Å². The summed E-state index contributed by atoms with van der Waals surface area (Å²) < 4.78 is 18.6. The van der Waals surface area contributed by atoms with Crippen molar-refractivity contribution in [2.75, 3.05) is 0 Å². The Morgan fingerprint density at radius 3 is 2.44 bits per heavy atom. The average Bonchev–Trinajstić information content (AvgIpc) is 2.34. The first kappa shape index (κ1) is 12.1. The molecule has 0 aliphatic rings. The molecule has 2 aromatic rings. The molecule has 0 spiro atoms. The van der Waals surface area contributed by atoms with Crippen molar-refractivity contribution in [1.82, 2.24) is 0 Å². The molecule has 18 heavy (non-hydrogen) atoms. The van der Waals surface area contributed by atoms with E-state index >= 15 is 0 Å². The maximum Gasteiger partial charge on any atom is 0.335 e. The lowest BCUT2D eigenvalue weighted by Crippen LogP contribution is -1.95. The van der Waals surface area contributed by atoms with Crippen LogP contribution in [0.25, 0.3) is 0 Å². The van der Waals surface area contributed by atoms with Gasteiger partial charge in [-0.3, -0.25) is 0 Å². The summed E-state index contributed by atoms with van der Waals surface area (Å²) in [5, 5.41) is 8.76. The number of rotatable bonds is 3. The van der Waals surface area contributed by atoms with E-state index < -0.39 is 5.97 Å². The average molecular weight is 246 g/mol. The van der Waals surface area contributed by atoms with E-state index in [-0.39, 0.29) is 11.4 Å². The number of carboxylic acid groups (broad SMARTS) is 1. The van der Waals surface area contributed by atoms with Gasteiger partial charge in [0.15, 0.2) is 0 Å². The first-order valence-corrected chi connectivity index (χ1v) is 5.33. The molecular weight excluding hydrogens is 235 g/mol. The van der Waals surface area contributed by atoms with Gasteiger partial charge in [0, 0.05) is 6.07 Å². The Morgan fingerprint density at radius 1 is 1.17 bits per heavy atom. The number of carboxylic acids is 1. The van der Waals surface area contributed by atoms with Crippen molar-refractivity contribution in [2.24, 2.45) is 0 Å². The van der Waals surface area contributed by atoms with Crippen LogP contribution in [0.3, 0.4) is 0 Å². The molecule has 1 N–H and O–H groups in total. The molecule has 0 aliphatic heterocycles. The third kappa shape index (κ3) is 2.66. The van der Waals surface area contributed by atoms with Gasteiger partial charge in [-0.1, -0.05) is 6.07 Å². The van der Waals surface area contributed by atoms with Crippen LogP contribution in [0, 0.1) is 12.7 Å². The Kier molecular flexibility index (Phi) is 3.28. The molecule has 0 bridgehead atoms. The van der Waals surface area contributed by atoms with E-state index in [1.54, 1.807) is 13.0 Å². The molecule has 0 saturated carbocycles. The summed E-state index contributed by atoms with van der Waals surface area (Å²) in [6.07, 6.45) is 0. The molecule has 0 aromatic heterocycles. The quantitative estimate of drug-likeness (QED) is 0.899. The molecule has 0 fully saturated rings. The second kappa shape index (κ2) is 4.87. The summed E-state index contributed by atoms with van der Waals surface area (Å²) in [5.41, 5.74) is 0.983. The van der Waals surface area contributed by atoms with Crippen LogP contribution in [0.1, 0.15) is 15.9 Å². The van der Waals surface area contributed by atoms with Gasteiger partial charge >= 0.3 is 5.97 Å². The van der Waals surface area contributed by atoms with Gasteiger partial charge in [-0.25, -0.2) is 9.18 Å². The zero-order chi connectivity index (χ0) is 13.1. The van der Waals surface area contributed by atoms with Crippen molar-refractivity contribution in [2.45, 2.75) is 6.92 Å². The van der Waals surface area contributed by atoms with Gasteiger partial charge < -0.3 is 9.84 Å². The van der Waals surface area contributed by atoms with Crippen molar-refractivity contribution in [3.8, 4) is 11.5 Å². The van der Waals surface area contributed by atoms with E-state index in [0.717, 1.165) is 5.56 Å². The van der Waals surface area contributed by atoms with E-state index in [2.05, 4.69) is 0 Å². The van der Waals surface area contributed by atoms with Crippen LogP contribution >= 0.6 is 0 Å². The van der Waals surface area contributed by atoms with Crippen molar-refractivity contribution in [3.05, 3.63) is 59.4 Å². The predicted octanol–water partition coefficient (Wildman–Crippen LogP) is 3.62. The van der Waals surface area contributed by atoms with E-state index in [0.29, 0.717) is 11.5 Å². The van der Waals surface area contributed by atoms with Gasteiger partial charge in [0.25, 0.3) is 0 Å². The number of carbonyl (C=O) groups is 1. The summed E-state index contributed by atoms with van der Waals surface area (Å²) in [7, 11) is 0. The van der Waals surface area contributed by atoms with Gasteiger partial charge in [-0.15, -0.1) is 0 Å². The van der Waals surface area contributed by atoms with E-state index in [9.17, 15) is 9.18 Å². The highest BCUT2D eigenvalue weighted by Gasteiger charge is 2.05. The minimum absolute atomic E-state index is 0.179. The van der Waals surface area contributed by atoms with Crippen LogP contribution in [0.15, 0.2) is 42.5 Å². The number of aromatic carboxylic acids is 1. The van der Waals surface area contributed by atoms with Crippen LogP contribution in [0.5, 0.6) is 11.5 Å². The van der Waals surface area contributed by atoms with Gasteiger partial charge in [-0.05, 0) is 42.8 Å². The van der Waals surface area contributed by atoms with Crippen LogP contribution in [0.2, 0.25) is 0 Å². The molecule has 3 nitrogen and oxygen atoms in total. The molecule has 92 valence electrons. The molecule has 0 amide bonds. The van der Waals surface area contributed by atoms with Crippen LogP contribution in [0.4, 0.5) is 4.39 Å². The van der Waals surface area contributed by atoms with Crippen LogP contribution < -0.4 is 4.74 Å². The Bertz CT molecular complexity index is 576. The lowest BCUT2D eigenvalue weighted by Gasteiger charge is -2.08. The summed E-state index contributed by atoms with van der Waals surface area (Å²) in [6.45, 7) is 1.81. The molecule has 0 aliphatic carbocycles. The molecule has 2 aromatic carbocycles. The maximum atomic E-state index is 13.1. The number of hydrogen-bond donors (Lipinski definition) is 1. The van der Waals surface area contributed by atoms with E-state index in [1.165, 1.54) is 36.4 Å². The number of benzene rings is 2. The minimum atomic E-state index is -0.997. The number of aryl methyl sites for hydroxylation is 1. The molecule has 0 radical (unpaired) electrons. The van der Waals surface area contributed by atoms with Gasteiger partial charge in [0.2, 0.25) is 0 Å². The minimum Gasteiger partial charge on any atom is -0.478 e. The standard InChI is InChI=1S/C14H11FO3/c1-9-2-5-11(15)8-13(9)18-12-6-3-10(4-7-12)14(16)17/h2-8H,1H3,(H,16,17). The normalized spacial score (nSPS) is 10.1. The SMILES string of the molecule is Cc1ccc(F)cc1Oc1ccc(C(=O)O)cc1. The smallest absolute Gasteiger partial charge is 0.335 e. The highest BCUT2D eigenvalue weighted by molar-refractivity contribution is 5.87. The summed E-state index contributed by atoms with van der Waals surface area (Å²) in [4.78, 5) is 10.7. The third-order valence-corrected chi connectivity index (χ3v) is 2.48. The molecule has 0 atom stereocenters. The fourth-order valence-corrected chi connectivity index (χ4v) is 1.48. The summed E-state index contributed by atoms with van der Waals surface area (Å²) in [6, 6.07) is 10.2. The van der Waals surface area contributed by atoms with E-state index in [1.807, 2.05) is 0 Å². The zero-order valence-electron chi connectivity index (χ0n) is 9.68. The summed E-state index contributed by atoms with van der Waals surface area (Å²) in [5.74, 6) is -0.493. The highest BCUT2D eigenvalue weighted by Crippen LogP contribution is 2.25. The lowest BCUT2D eigenvalue weighted by atomic mass is 10.2. The Balaban J connectivity index is 2.23. The van der Waals surface area contributed by atoms with Gasteiger partial charge in [0.1, 0.15) is 17.3 Å². The van der Waals surface area contributed by atoms with Crippen LogP contribution in [-0.2, 0) is 0 Å². The number of halogens is 1. The van der Waals surface area contributed by atoms with Crippen molar-refractivity contribution in [1.29, 1.82) is 0 Å². The monoisotopic (exact) mass is 246 g/mol. The second-order valence-electron chi connectivity index (χ2n) is 3.84. The first-order valence-electron chi connectivity index (χ1n) is 5.33. The second-order valence-corrected chi connectivity index (χ2v) is 3.84. The molecule has 4 heteroatoms. The molecule has 0 heterocycles. The molecular formula is C14H11FO3. The third-order valence-electron chi connectivity index (χ3n) is 2.48. The Hall–Kier alpha value is -2.36. The molecule has 0 saturated heterocycles. The number of ether oxygens (including phenoxy) is 1. The lowest BCUT2D eigenvalue weighted by molar-refractivity contribution is 0.0697.